The van der Waals surface area contributed by atoms with Gasteiger partial charge in [0.1, 0.15) is 16.5 Å². The molecule has 7 nitrogen and oxygen atoms in total. The Kier molecular flexibility index (Phi) is 5.96. The number of anilines is 1. The van der Waals surface area contributed by atoms with Crippen LogP contribution in [0, 0.1) is 0 Å². The van der Waals surface area contributed by atoms with E-state index in [4.69, 9.17) is 9.47 Å². The Morgan fingerprint density at radius 3 is 2.71 bits per heavy atom. The molecule has 9 heteroatoms. The Balaban J connectivity index is 1.38. The van der Waals surface area contributed by atoms with Crippen LogP contribution in [0.4, 0.5) is 5.13 Å². The zero-order valence-electron chi connectivity index (χ0n) is 15.4. The third kappa shape index (κ3) is 4.56. The minimum atomic E-state index is -0.247. The van der Waals surface area contributed by atoms with Crippen LogP contribution in [0.25, 0.3) is 10.6 Å². The number of amides is 1. The summed E-state index contributed by atoms with van der Waals surface area (Å²) in [6.45, 7) is 4.11. The van der Waals surface area contributed by atoms with Crippen LogP contribution in [0.15, 0.2) is 35.0 Å². The molecule has 28 heavy (non-hydrogen) atoms. The summed E-state index contributed by atoms with van der Waals surface area (Å²) in [6, 6.07) is 7.61. The zero-order chi connectivity index (χ0) is 19.3. The van der Waals surface area contributed by atoms with E-state index in [0.29, 0.717) is 10.8 Å². The molecule has 0 saturated carbocycles. The number of hydrogen-bond donors (Lipinski definition) is 1. The number of morpholine rings is 1. The van der Waals surface area contributed by atoms with Crippen LogP contribution in [0.1, 0.15) is 16.2 Å². The van der Waals surface area contributed by atoms with E-state index < -0.39 is 0 Å². The van der Waals surface area contributed by atoms with Gasteiger partial charge in [-0.1, -0.05) is 0 Å². The molecule has 0 radical (unpaired) electrons. The topological polar surface area (TPSA) is 76.6 Å². The van der Waals surface area contributed by atoms with Crippen molar-refractivity contribution in [2.24, 2.45) is 0 Å². The van der Waals surface area contributed by atoms with Crippen molar-refractivity contribution in [2.75, 3.05) is 38.7 Å². The van der Waals surface area contributed by atoms with Crippen molar-refractivity contribution in [3.63, 3.8) is 0 Å². The summed E-state index contributed by atoms with van der Waals surface area (Å²) in [5.41, 5.74) is 2.30. The summed E-state index contributed by atoms with van der Waals surface area (Å²) in [7, 11) is 1.63. The molecule has 1 amide bonds. The zero-order valence-corrected chi connectivity index (χ0v) is 17.0. The number of aromatic nitrogens is 2. The minimum absolute atomic E-state index is 0.247. The van der Waals surface area contributed by atoms with Crippen LogP contribution in [-0.2, 0) is 11.3 Å². The number of nitrogens with zero attached hydrogens (tertiary/aromatic N) is 3. The first-order valence-corrected chi connectivity index (χ1v) is 10.6. The fourth-order valence-electron chi connectivity index (χ4n) is 2.83. The van der Waals surface area contributed by atoms with E-state index in [-0.39, 0.29) is 5.91 Å². The molecule has 3 heterocycles. The van der Waals surface area contributed by atoms with Crippen molar-refractivity contribution in [1.29, 1.82) is 0 Å². The number of benzene rings is 1. The molecule has 1 aliphatic heterocycles. The van der Waals surface area contributed by atoms with Crippen molar-refractivity contribution >= 4 is 33.7 Å². The average Bonchev–Trinajstić information content (AvgIpc) is 3.39. The maximum atomic E-state index is 12.5. The van der Waals surface area contributed by atoms with E-state index in [9.17, 15) is 4.79 Å². The van der Waals surface area contributed by atoms with Gasteiger partial charge in [0.2, 0.25) is 0 Å². The molecule has 2 aromatic heterocycles. The van der Waals surface area contributed by atoms with Gasteiger partial charge in [0.25, 0.3) is 5.91 Å². The number of carbonyl (C=O) groups excluding carboxylic acids is 1. The second-order valence-corrected chi connectivity index (χ2v) is 7.97. The van der Waals surface area contributed by atoms with Crippen molar-refractivity contribution < 1.29 is 14.3 Å². The first-order chi connectivity index (χ1) is 13.7. The molecule has 0 aliphatic carbocycles. The lowest BCUT2D eigenvalue weighted by Gasteiger charge is -2.25. The van der Waals surface area contributed by atoms with Gasteiger partial charge in [-0.05, 0) is 24.3 Å². The minimum Gasteiger partial charge on any atom is -0.497 e. The first-order valence-electron chi connectivity index (χ1n) is 8.87. The van der Waals surface area contributed by atoms with E-state index in [2.05, 4.69) is 20.2 Å². The normalized spacial score (nSPS) is 14.8. The summed E-state index contributed by atoms with van der Waals surface area (Å²) in [5, 5.41) is 7.97. The molecule has 0 unspecified atom stereocenters. The molecule has 1 fully saturated rings. The number of ether oxygens (including phenoxy) is 2. The quantitative estimate of drug-likeness (QED) is 0.664. The monoisotopic (exact) mass is 416 g/mol. The van der Waals surface area contributed by atoms with Gasteiger partial charge < -0.3 is 9.47 Å². The summed E-state index contributed by atoms with van der Waals surface area (Å²) in [5.74, 6) is 0.540. The lowest BCUT2D eigenvalue weighted by Crippen LogP contribution is -2.35. The highest BCUT2D eigenvalue weighted by molar-refractivity contribution is 7.14. The highest BCUT2D eigenvalue weighted by atomic mass is 32.1. The summed E-state index contributed by atoms with van der Waals surface area (Å²) in [4.78, 5) is 23.8. The standard InChI is InChI=1S/C19H20N4O3S2/c1-25-15-4-2-13(3-5-15)18-21-16(12-27-18)17(24)22-19-20-14(11-28-19)10-23-6-8-26-9-7-23/h2-5,11-12H,6-10H2,1H3,(H,20,22,24). The maximum absolute atomic E-state index is 12.5. The molecule has 3 aromatic rings. The van der Waals surface area contributed by atoms with Gasteiger partial charge in [-0.15, -0.1) is 22.7 Å². The predicted octanol–water partition coefficient (Wildman–Crippen LogP) is 3.36. The van der Waals surface area contributed by atoms with Crippen molar-refractivity contribution in [2.45, 2.75) is 6.54 Å². The number of nitrogens with one attached hydrogen (secondary N) is 1. The fourth-order valence-corrected chi connectivity index (χ4v) is 4.33. The molecular weight excluding hydrogens is 396 g/mol. The first kappa shape index (κ1) is 19.0. The van der Waals surface area contributed by atoms with Gasteiger partial charge in [0, 0.05) is 36.0 Å². The number of thiazole rings is 2. The van der Waals surface area contributed by atoms with Gasteiger partial charge in [0.15, 0.2) is 5.13 Å². The Bertz CT molecular complexity index is 933. The number of hydrogen-bond acceptors (Lipinski definition) is 8. The summed E-state index contributed by atoms with van der Waals surface area (Å²) in [6.07, 6.45) is 0. The second kappa shape index (κ2) is 8.78. The van der Waals surface area contributed by atoms with E-state index >= 15 is 0 Å². The third-order valence-electron chi connectivity index (χ3n) is 4.34. The molecule has 0 bridgehead atoms. The van der Waals surface area contributed by atoms with Crippen molar-refractivity contribution in [3.8, 4) is 16.3 Å². The van der Waals surface area contributed by atoms with Crippen LogP contribution in [0.5, 0.6) is 5.75 Å². The second-order valence-electron chi connectivity index (χ2n) is 6.25. The molecule has 1 saturated heterocycles. The largest absolute Gasteiger partial charge is 0.497 e. The maximum Gasteiger partial charge on any atom is 0.276 e. The van der Waals surface area contributed by atoms with Crippen LogP contribution in [0.2, 0.25) is 0 Å². The van der Waals surface area contributed by atoms with E-state index in [1.807, 2.05) is 29.6 Å². The fraction of sp³-hybridized carbons (Fsp3) is 0.316. The number of rotatable bonds is 6. The Morgan fingerprint density at radius 1 is 1.18 bits per heavy atom. The molecule has 4 rings (SSSR count). The van der Waals surface area contributed by atoms with Crippen molar-refractivity contribution in [3.05, 3.63) is 46.4 Å². The van der Waals surface area contributed by atoms with Crippen LogP contribution in [0.3, 0.4) is 0 Å². The van der Waals surface area contributed by atoms with Crippen LogP contribution < -0.4 is 10.1 Å². The SMILES string of the molecule is COc1ccc(-c2nc(C(=O)Nc3nc(CN4CCOCC4)cs3)cs2)cc1. The Hall–Kier alpha value is -2.33. The molecule has 1 aliphatic rings. The molecule has 1 N–H and O–H groups in total. The van der Waals surface area contributed by atoms with Crippen molar-refractivity contribution in [1.82, 2.24) is 14.9 Å². The van der Waals surface area contributed by atoms with Gasteiger partial charge in [-0.25, -0.2) is 9.97 Å². The summed E-state index contributed by atoms with van der Waals surface area (Å²) >= 11 is 2.86. The van der Waals surface area contributed by atoms with E-state index in [1.165, 1.54) is 22.7 Å². The van der Waals surface area contributed by atoms with Gasteiger partial charge in [-0.2, -0.15) is 0 Å². The molecule has 146 valence electrons. The molecule has 0 spiro atoms. The smallest absolute Gasteiger partial charge is 0.276 e. The average molecular weight is 417 g/mol. The Labute approximate surface area is 171 Å². The Morgan fingerprint density at radius 2 is 1.96 bits per heavy atom. The number of carbonyl (C=O) groups is 1. The third-order valence-corrected chi connectivity index (χ3v) is 6.03. The highest BCUT2D eigenvalue weighted by Crippen LogP contribution is 2.26. The summed E-state index contributed by atoms with van der Waals surface area (Å²) < 4.78 is 10.5. The lowest BCUT2D eigenvalue weighted by molar-refractivity contribution is 0.0337. The molecule has 0 atom stereocenters. The van der Waals surface area contributed by atoms with Crippen LogP contribution >= 0.6 is 22.7 Å². The van der Waals surface area contributed by atoms with Gasteiger partial charge in [-0.3, -0.25) is 15.0 Å². The molecule has 1 aromatic carbocycles. The lowest BCUT2D eigenvalue weighted by atomic mass is 10.2. The number of methoxy groups -OCH3 is 1. The predicted molar refractivity (Wildman–Crippen MR) is 110 cm³/mol. The van der Waals surface area contributed by atoms with Gasteiger partial charge in [0.05, 0.1) is 26.0 Å². The molecular formula is C19H20N4O3S2. The van der Waals surface area contributed by atoms with E-state index in [1.54, 1.807) is 12.5 Å². The van der Waals surface area contributed by atoms with Gasteiger partial charge >= 0.3 is 0 Å². The van der Waals surface area contributed by atoms with Crippen LogP contribution in [-0.4, -0.2) is 54.2 Å². The van der Waals surface area contributed by atoms with E-state index in [0.717, 1.165) is 54.9 Å². The highest BCUT2D eigenvalue weighted by Gasteiger charge is 2.16.